The highest BCUT2D eigenvalue weighted by atomic mass is 16.5. The molecule has 0 aromatic carbocycles. The first-order valence-electron chi connectivity index (χ1n) is 8.83. The van der Waals surface area contributed by atoms with Gasteiger partial charge in [-0.2, -0.15) is 0 Å². The number of carbonyl (C=O) groups is 1. The molecule has 0 unspecified atom stereocenters. The molecule has 0 bridgehead atoms. The first kappa shape index (κ1) is 15.8. The largest absolute Gasteiger partial charge is 0.454 e. The van der Waals surface area contributed by atoms with Crippen molar-refractivity contribution in [2.45, 2.75) is 72.8 Å². The van der Waals surface area contributed by atoms with E-state index in [0.29, 0.717) is 17.3 Å². The molecule has 1 saturated carbocycles. The number of allylic oxidation sites excluding steroid dienone is 2. The Morgan fingerprint density at radius 1 is 1.32 bits per heavy atom. The van der Waals surface area contributed by atoms with E-state index in [1.807, 2.05) is 6.92 Å². The highest BCUT2D eigenvalue weighted by molar-refractivity contribution is 5.90. The van der Waals surface area contributed by atoms with Crippen molar-refractivity contribution in [3.63, 3.8) is 0 Å². The van der Waals surface area contributed by atoms with E-state index in [-0.39, 0.29) is 17.5 Å². The lowest BCUT2D eigenvalue weighted by atomic mass is 9.47. The lowest BCUT2D eigenvalue weighted by Crippen LogP contribution is -2.52. The lowest BCUT2D eigenvalue weighted by Gasteiger charge is -2.58. The number of hydrogen-bond acceptors (Lipinski definition) is 2. The summed E-state index contributed by atoms with van der Waals surface area (Å²) in [5.41, 5.74) is 2.78. The highest BCUT2D eigenvalue weighted by Crippen LogP contribution is 2.61. The minimum atomic E-state index is -0.0643. The third-order valence-electron chi connectivity index (χ3n) is 6.92. The van der Waals surface area contributed by atoms with Gasteiger partial charge in [0.15, 0.2) is 0 Å². The van der Waals surface area contributed by atoms with Crippen LogP contribution in [0.4, 0.5) is 0 Å². The van der Waals surface area contributed by atoms with Crippen LogP contribution in [0.3, 0.4) is 0 Å². The Labute approximate surface area is 135 Å². The zero-order valence-electron chi connectivity index (χ0n) is 14.7. The van der Waals surface area contributed by atoms with E-state index in [2.05, 4.69) is 39.8 Å². The predicted octanol–water partition coefficient (Wildman–Crippen LogP) is 5.05. The number of esters is 1. The van der Waals surface area contributed by atoms with Gasteiger partial charge in [-0.05, 0) is 61.9 Å². The molecule has 1 saturated heterocycles. The van der Waals surface area contributed by atoms with Crippen LogP contribution in [-0.4, -0.2) is 12.1 Å². The number of hydrogen-bond donors (Lipinski definition) is 0. The van der Waals surface area contributed by atoms with Gasteiger partial charge in [0.05, 0.1) is 0 Å². The molecule has 0 spiro atoms. The van der Waals surface area contributed by atoms with Crippen molar-refractivity contribution in [3.8, 4) is 0 Å². The van der Waals surface area contributed by atoms with Crippen LogP contribution in [0, 0.1) is 22.7 Å². The van der Waals surface area contributed by atoms with Crippen molar-refractivity contribution in [3.05, 3.63) is 23.3 Å². The van der Waals surface area contributed by atoms with E-state index in [0.717, 1.165) is 18.4 Å². The molecule has 0 N–H and O–H groups in total. The third-order valence-corrected chi connectivity index (χ3v) is 6.92. The molecule has 0 amide bonds. The van der Waals surface area contributed by atoms with Gasteiger partial charge in [-0.1, -0.05) is 39.3 Å². The summed E-state index contributed by atoms with van der Waals surface area (Å²) in [6.45, 7) is 11.4. The molecular weight excluding hydrogens is 272 g/mol. The van der Waals surface area contributed by atoms with Crippen LogP contribution in [0.5, 0.6) is 0 Å². The zero-order chi connectivity index (χ0) is 16.1. The number of ether oxygens (including phenoxy) is 1. The fraction of sp³-hybridized carbons (Fsp3) is 0.750. The zero-order valence-corrected chi connectivity index (χ0v) is 14.7. The van der Waals surface area contributed by atoms with Gasteiger partial charge < -0.3 is 4.74 Å². The van der Waals surface area contributed by atoms with E-state index in [1.54, 1.807) is 0 Å². The minimum Gasteiger partial charge on any atom is -0.454 e. The smallest absolute Gasteiger partial charge is 0.334 e. The van der Waals surface area contributed by atoms with Gasteiger partial charge >= 0.3 is 5.97 Å². The normalized spacial score (nSPS) is 41.1. The maximum atomic E-state index is 12.5. The fourth-order valence-electron chi connectivity index (χ4n) is 5.46. The van der Waals surface area contributed by atoms with Crippen LogP contribution in [0.15, 0.2) is 23.3 Å². The van der Waals surface area contributed by atoms with Gasteiger partial charge in [-0.25, -0.2) is 4.79 Å². The van der Waals surface area contributed by atoms with Crippen LogP contribution in [0.2, 0.25) is 0 Å². The maximum Gasteiger partial charge on any atom is 0.334 e. The lowest BCUT2D eigenvalue weighted by molar-refractivity contribution is -0.153. The standard InChI is InChI=1S/C20H30O2/c1-6-13(2)16-12-15-14(18(21)22-16)8-9-17-19(3,4)10-7-11-20(15,17)5/h6,8,15-17H,7,9-12H2,1-5H3/b13-6+/t15-,16-,17+,20+/m0/s1. The second-order valence-electron chi connectivity index (χ2n) is 8.51. The molecule has 2 heteroatoms. The van der Waals surface area contributed by atoms with Gasteiger partial charge in [-0.3, -0.25) is 0 Å². The van der Waals surface area contributed by atoms with Gasteiger partial charge in [0.1, 0.15) is 6.10 Å². The quantitative estimate of drug-likeness (QED) is 0.500. The molecule has 0 radical (unpaired) electrons. The van der Waals surface area contributed by atoms with Crippen LogP contribution < -0.4 is 0 Å². The van der Waals surface area contributed by atoms with E-state index in [1.165, 1.54) is 24.8 Å². The number of fused-ring (bicyclic) bond motifs is 3. The Balaban J connectivity index is 1.99. The summed E-state index contributed by atoms with van der Waals surface area (Å²) < 4.78 is 5.71. The average molecular weight is 302 g/mol. The minimum absolute atomic E-state index is 0.0275. The molecule has 4 atom stereocenters. The SMILES string of the molecule is C/C=C(\C)[C@@H]1C[C@H]2C(=CC[C@@H]3C(C)(C)CCC[C@@]32C)C(=O)O1. The molecule has 0 aromatic rings. The summed E-state index contributed by atoms with van der Waals surface area (Å²) in [4.78, 5) is 12.5. The number of cyclic esters (lactones) is 1. The van der Waals surface area contributed by atoms with Crippen molar-refractivity contribution < 1.29 is 9.53 Å². The van der Waals surface area contributed by atoms with Gasteiger partial charge in [0.2, 0.25) is 0 Å². The van der Waals surface area contributed by atoms with Crippen molar-refractivity contribution in [2.75, 3.05) is 0 Å². The second-order valence-corrected chi connectivity index (χ2v) is 8.51. The average Bonchev–Trinajstić information content (AvgIpc) is 2.46. The molecule has 0 aromatic heterocycles. The van der Waals surface area contributed by atoms with Gasteiger partial charge in [0.25, 0.3) is 0 Å². The summed E-state index contributed by atoms with van der Waals surface area (Å²) >= 11 is 0. The van der Waals surface area contributed by atoms with Crippen molar-refractivity contribution in [1.82, 2.24) is 0 Å². The molecule has 1 aliphatic heterocycles. The summed E-state index contributed by atoms with van der Waals surface area (Å²) in [5.74, 6) is 0.984. The summed E-state index contributed by atoms with van der Waals surface area (Å²) in [6.07, 6.45) is 10.1. The van der Waals surface area contributed by atoms with Crippen molar-refractivity contribution in [2.24, 2.45) is 22.7 Å². The first-order valence-corrected chi connectivity index (χ1v) is 8.83. The predicted molar refractivity (Wildman–Crippen MR) is 89.3 cm³/mol. The second kappa shape index (κ2) is 5.25. The van der Waals surface area contributed by atoms with Crippen molar-refractivity contribution in [1.29, 1.82) is 0 Å². The molecular formula is C20H30O2. The molecule has 122 valence electrons. The summed E-state index contributed by atoms with van der Waals surface area (Å²) in [6, 6.07) is 0. The molecule has 3 rings (SSSR count). The third kappa shape index (κ3) is 2.26. The molecule has 2 aliphatic carbocycles. The number of carbonyl (C=O) groups excluding carboxylic acids is 1. The van der Waals surface area contributed by atoms with E-state index < -0.39 is 0 Å². The van der Waals surface area contributed by atoms with E-state index in [4.69, 9.17) is 4.74 Å². The van der Waals surface area contributed by atoms with E-state index in [9.17, 15) is 4.79 Å². The molecule has 2 fully saturated rings. The summed E-state index contributed by atoms with van der Waals surface area (Å²) in [7, 11) is 0. The Morgan fingerprint density at radius 2 is 2.05 bits per heavy atom. The topological polar surface area (TPSA) is 26.3 Å². The Kier molecular flexibility index (Phi) is 3.78. The molecule has 1 heterocycles. The fourth-order valence-corrected chi connectivity index (χ4v) is 5.46. The van der Waals surface area contributed by atoms with Crippen LogP contribution in [0.1, 0.15) is 66.7 Å². The maximum absolute atomic E-state index is 12.5. The number of rotatable bonds is 1. The Bertz CT molecular complexity index is 540. The van der Waals surface area contributed by atoms with Crippen LogP contribution in [0.25, 0.3) is 0 Å². The van der Waals surface area contributed by atoms with Gasteiger partial charge in [-0.15, -0.1) is 0 Å². The highest BCUT2D eigenvalue weighted by Gasteiger charge is 2.55. The molecule has 22 heavy (non-hydrogen) atoms. The Hall–Kier alpha value is -1.05. The molecule has 2 nitrogen and oxygen atoms in total. The van der Waals surface area contributed by atoms with Crippen molar-refractivity contribution >= 4 is 5.97 Å². The van der Waals surface area contributed by atoms with Gasteiger partial charge in [0, 0.05) is 11.5 Å². The van der Waals surface area contributed by atoms with Crippen LogP contribution in [-0.2, 0) is 9.53 Å². The molecule has 3 aliphatic rings. The first-order chi connectivity index (χ1) is 10.3. The van der Waals surface area contributed by atoms with Crippen LogP contribution >= 0.6 is 0 Å². The monoisotopic (exact) mass is 302 g/mol. The Morgan fingerprint density at radius 3 is 2.73 bits per heavy atom. The van der Waals surface area contributed by atoms with E-state index >= 15 is 0 Å². The summed E-state index contributed by atoms with van der Waals surface area (Å²) in [5, 5.41) is 0.